The molecule has 5 nitrogen and oxygen atoms in total. The summed E-state index contributed by atoms with van der Waals surface area (Å²) < 4.78 is 0. The first-order valence-electron chi connectivity index (χ1n) is 3.75. The third-order valence-electron chi connectivity index (χ3n) is 1.44. The Morgan fingerprint density at radius 3 is 2.50 bits per heavy atom. The number of rotatable bonds is 3. The molecule has 0 aliphatic carbocycles. The van der Waals surface area contributed by atoms with Crippen LogP contribution >= 0.6 is 11.6 Å². The van der Waals surface area contributed by atoms with Gasteiger partial charge >= 0.3 is 11.4 Å². The van der Waals surface area contributed by atoms with Gasteiger partial charge < -0.3 is 5.32 Å². The lowest BCUT2D eigenvalue weighted by Gasteiger charge is -2.03. The number of carbonyl (C=O) groups is 1. The van der Waals surface area contributed by atoms with Crippen molar-refractivity contribution in [2.75, 3.05) is 5.32 Å². The molecule has 0 bridgehead atoms. The molecule has 0 fully saturated rings. The Morgan fingerprint density at radius 2 is 2.00 bits per heavy atom. The number of anilines is 1. The van der Waals surface area contributed by atoms with Crippen LogP contribution in [0.1, 0.15) is 0 Å². The number of hydrogen-bond donors (Lipinski definition) is 1. The topological polar surface area (TPSA) is 72.2 Å². The van der Waals surface area contributed by atoms with E-state index in [0.717, 1.165) is 0 Å². The maximum atomic E-state index is 11.1. The first kappa shape index (κ1) is 10.5. The molecule has 14 heavy (non-hydrogen) atoms. The molecule has 0 unspecified atom stereocenters. The van der Waals surface area contributed by atoms with Gasteiger partial charge in [0, 0.05) is 10.6 Å². The van der Waals surface area contributed by atoms with Crippen LogP contribution in [0.3, 0.4) is 0 Å². The molecule has 0 aromatic heterocycles. The Morgan fingerprint density at radius 1 is 1.43 bits per heavy atom. The third-order valence-corrected chi connectivity index (χ3v) is 1.80. The number of carbonyl (C=O) groups excluding carboxylic acids is 1. The van der Waals surface area contributed by atoms with Crippen LogP contribution in [0, 0.1) is 10.1 Å². The van der Waals surface area contributed by atoms with E-state index in [1.165, 1.54) is 0 Å². The van der Waals surface area contributed by atoms with Crippen molar-refractivity contribution in [1.82, 2.24) is 0 Å². The van der Waals surface area contributed by atoms with Gasteiger partial charge in [-0.3, -0.25) is 14.9 Å². The van der Waals surface area contributed by atoms with Gasteiger partial charge in [0.15, 0.2) is 0 Å². The molecule has 1 atom stereocenters. The summed E-state index contributed by atoms with van der Waals surface area (Å²) in [5, 5.41) is 12.5. The molecule has 1 amide bonds. The molecule has 0 saturated heterocycles. The van der Waals surface area contributed by atoms with E-state index in [1.54, 1.807) is 30.3 Å². The third kappa shape index (κ3) is 2.70. The second-order valence-electron chi connectivity index (χ2n) is 2.48. The van der Waals surface area contributed by atoms with Gasteiger partial charge in [0.05, 0.1) is 0 Å². The van der Waals surface area contributed by atoms with Gasteiger partial charge in [-0.1, -0.05) is 18.2 Å². The van der Waals surface area contributed by atoms with Crippen LogP contribution in [0.4, 0.5) is 5.69 Å². The predicted octanol–water partition coefficient (Wildman–Crippen LogP) is 1.47. The van der Waals surface area contributed by atoms with E-state index >= 15 is 0 Å². The molecular formula is C8H7ClN2O3. The van der Waals surface area contributed by atoms with E-state index in [2.05, 4.69) is 5.32 Å². The molecule has 0 saturated carbocycles. The highest BCUT2D eigenvalue weighted by Gasteiger charge is 2.26. The zero-order valence-electron chi connectivity index (χ0n) is 7.01. The lowest BCUT2D eigenvalue weighted by molar-refractivity contribution is -0.484. The van der Waals surface area contributed by atoms with E-state index in [9.17, 15) is 14.9 Å². The summed E-state index contributed by atoms with van der Waals surface area (Å²) >= 11 is 5.20. The minimum atomic E-state index is -1.75. The Labute approximate surface area is 84.8 Å². The molecule has 0 radical (unpaired) electrons. The number of hydrogen-bond acceptors (Lipinski definition) is 3. The normalized spacial score (nSPS) is 11.8. The summed E-state index contributed by atoms with van der Waals surface area (Å²) in [5.41, 5.74) is -1.28. The quantitative estimate of drug-likeness (QED) is 0.358. The zero-order valence-corrected chi connectivity index (χ0v) is 7.77. The number of para-hydroxylation sites is 1. The van der Waals surface area contributed by atoms with Crippen molar-refractivity contribution in [3.05, 3.63) is 40.4 Å². The van der Waals surface area contributed by atoms with Crippen molar-refractivity contribution in [1.29, 1.82) is 0 Å². The zero-order chi connectivity index (χ0) is 10.6. The standard InChI is InChI=1S/C8H7ClN2O3/c9-7(11(13)14)8(12)10-6-4-2-1-3-5-6/h1-5,7H,(H,10,12)/t7-/m1/s1. The lowest BCUT2D eigenvalue weighted by Crippen LogP contribution is -2.29. The maximum Gasteiger partial charge on any atom is 0.363 e. The maximum absolute atomic E-state index is 11.1. The number of benzene rings is 1. The highest BCUT2D eigenvalue weighted by molar-refractivity contribution is 6.31. The number of halogens is 1. The van der Waals surface area contributed by atoms with Crippen LogP contribution < -0.4 is 5.32 Å². The fourth-order valence-electron chi connectivity index (χ4n) is 0.819. The smallest absolute Gasteiger partial charge is 0.319 e. The molecule has 1 rings (SSSR count). The van der Waals surface area contributed by atoms with E-state index in [0.29, 0.717) is 5.69 Å². The number of alkyl halides is 1. The first-order chi connectivity index (χ1) is 6.61. The Balaban J connectivity index is 2.62. The molecule has 0 spiro atoms. The predicted molar refractivity (Wildman–Crippen MR) is 51.7 cm³/mol. The molecular weight excluding hydrogens is 208 g/mol. The van der Waals surface area contributed by atoms with E-state index in [-0.39, 0.29) is 0 Å². The van der Waals surface area contributed by atoms with Gasteiger partial charge in [-0.25, -0.2) is 0 Å². The monoisotopic (exact) mass is 214 g/mol. The van der Waals surface area contributed by atoms with Crippen LogP contribution in [-0.2, 0) is 4.79 Å². The Kier molecular flexibility index (Phi) is 3.41. The lowest BCUT2D eigenvalue weighted by atomic mass is 10.3. The van der Waals surface area contributed by atoms with E-state index in [4.69, 9.17) is 11.6 Å². The molecule has 0 aliphatic heterocycles. The molecule has 0 aliphatic rings. The Hall–Kier alpha value is -1.62. The van der Waals surface area contributed by atoms with Crippen LogP contribution in [-0.4, -0.2) is 16.3 Å². The highest BCUT2D eigenvalue weighted by Crippen LogP contribution is 2.07. The molecule has 1 N–H and O–H groups in total. The number of nitrogens with zero attached hydrogens (tertiary/aromatic N) is 1. The molecule has 0 heterocycles. The molecule has 1 aromatic carbocycles. The minimum Gasteiger partial charge on any atom is -0.319 e. The second kappa shape index (κ2) is 4.57. The van der Waals surface area contributed by atoms with Gasteiger partial charge in [-0.15, -0.1) is 0 Å². The van der Waals surface area contributed by atoms with Crippen LogP contribution in [0.15, 0.2) is 30.3 Å². The summed E-state index contributed by atoms with van der Waals surface area (Å²) in [5.74, 6) is -0.845. The van der Waals surface area contributed by atoms with Crippen molar-refractivity contribution in [3.8, 4) is 0 Å². The van der Waals surface area contributed by atoms with Gasteiger partial charge in [-0.05, 0) is 23.7 Å². The van der Waals surface area contributed by atoms with Crippen molar-refractivity contribution in [3.63, 3.8) is 0 Å². The van der Waals surface area contributed by atoms with Crippen LogP contribution in [0.25, 0.3) is 0 Å². The van der Waals surface area contributed by atoms with Gasteiger partial charge in [-0.2, -0.15) is 0 Å². The van der Waals surface area contributed by atoms with Crippen molar-refractivity contribution in [2.45, 2.75) is 5.50 Å². The summed E-state index contributed by atoms with van der Waals surface area (Å²) in [6.45, 7) is 0. The number of nitrogens with one attached hydrogen (secondary N) is 1. The summed E-state index contributed by atoms with van der Waals surface area (Å²) in [4.78, 5) is 20.4. The van der Waals surface area contributed by atoms with Crippen LogP contribution in [0.2, 0.25) is 0 Å². The average molecular weight is 215 g/mol. The fraction of sp³-hybridized carbons (Fsp3) is 0.125. The van der Waals surface area contributed by atoms with E-state index < -0.39 is 16.3 Å². The van der Waals surface area contributed by atoms with Crippen molar-refractivity contribution in [2.24, 2.45) is 0 Å². The number of amides is 1. The molecule has 74 valence electrons. The van der Waals surface area contributed by atoms with E-state index in [1.807, 2.05) is 0 Å². The van der Waals surface area contributed by atoms with Crippen molar-refractivity contribution < 1.29 is 9.72 Å². The summed E-state index contributed by atoms with van der Waals surface area (Å²) in [7, 11) is 0. The SMILES string of the molecule is O=C(Nc1ccccc1)[C@H](Cl)[N+](=O)[O-]. The average Bonchev–Trinajstić information content (AvgIpc) is 2.18. The van der Waals surface area contributed by atoms with Crippen molar-refractivity contribution >= 4 is 23.2 Å². The molecule has 1 aromatic rings. The number of nitro groups is 1. The van der Waals surface area contributed by atoms with Gasteiger partial charge in [0.1, 0.15) is 0 Å². The van der Waals surface area contributed by atoms with Crippen LogP contribution in [0.5, 0.6) is 0 Å². The fourth-order valence-corrected chi connectivity index (χ4v) is 0.874. The minimum absolute atomic E-state index is 0.477. The summed E-state index contributed by atoms with van der Waals surface area (Å²) in [6, 6.07) is 8.39. The first-order valence-corrected chi connectivity index (χ1v) is 4.18. The second-order valence-corrected chi connectivity index (χ2v) is 2.89. The summed E-state index contributed by atoms with van der Waals surface area (Å²) in [6.07, 6.45) is 0. The largest absolute Gasteiger partial charge is 0.363 e. The van der Waals surface area contributed by atoms with Gasteiger partial charge in [0.2, 0.25) is 0 Å². The highest BCUT2D eigenvalue weighted by atomic mass is 35.5. The Bertz CT molecular complexity index is 342. The molecule has 6 heteroatoms. The van der Waals surface area contributed by atoms with Gasteiger partial charge in [0.25, 0.3) is 0 Å².